The summed E-state index contributed by atoms with van der Waals surface area (Å²) in [7, 11) is 3.79. The zero-order valence-corrected chi connectivity index (χ0v) is 18.2. The minimum absolute atomic E-state index is 0.104. The molecule has 2 atom stereocenters. The number of likely N-dealkylation sites (N-methyl/N-ethyl adjacent to an activating group) is 1. The second-order valence-electron chi connectivity index (χ2n) is 8.77. The second kappa shape index (κ2) is 9.41. The molecule has 2 aromatic heterocycles. The molecule has 1 aliphatic carbocycles. The van der Waals surface area contributed by atoms with E-state index in [2.05, 4.69) is 27.2 Å². The zero-order valence-electron chi connectivity index (χ0n) is 18.2. The number of anilines is 1. The van der Waals surface area contributed by atoms with E-state index >= 15 is 0 Å². The minimum Gasteiger partial charge on any atom is -0.472 e. The van der Waals surface area contributed by atoms with Gasteiger partial charge < -0.3 is 24.8 Å². The van der Waals surface area contributed by atoms with Crippen molar-refractivity contribution in [2.24, 2.45) is 0 Å². The molecular weight excluding hydrogens is 382 g/mol. The van der Waals surface area contributed by atoms with Gasteiger partial charge in [0.2, 0.25) is 11.8 Å². The van der Waals surface area contributed by atoms with Crippen LogP contribution in [0.25, 0.3) is 10.9 Å². The number of fused-ring (bicyclic) bond motifs is 1. The van der Waals surface area contributed by atoms with Crippen LogP contribution in [0.5, 0.6) is 5.88 Å². The Balaban J connectivity index is 1.67. The van der Waals surface area contributed by atoms with Gasteiger partial charge in [-0.1, -0.05) is 0 Å². The molecule has 2 aromatic rings. The predicted molar refractivity (Wildman–Crippen MR) is 116 cm³/mol. The van der Waals surface area contributed by atoms with Gasteiger partial charge >= 0.3 is 0 Å². The van der Waals surface area contributed by atoms with Crippen LogP contribution in [0.15, 0.2) is 12.4 Å². The fraction of sp³-hybridized carbons (Fsp3) is 0.682. The van der Waals surface area contributed by atoms with Crippen LogP contribution in [0.3, 0.4) is 0 Å². The average Bonchev–Trinajstić information content (AvgIpc) is 3.14. The summed E-state index contributed by atoms with van der Waals surface area (Å²) in [5.74, 6) is 1.54. The van der Waals surface area contributed by atoms with Gasteiger partial charge in [0.05, 0.1) is 23.6 Å². The van der Waals surface area contributed by atoms with E-state index in [0.29, 0.717) is 24.4 Å². The topological polar surface area (TPSA) is 92.6 Å². The number of aromatic nitrogens is 3. The molecule has 8 heteroatoms. The molecule has 0 amide bonds. The number of nitrogens with zero attached hydrogens (tertiary/aromatic N) is 4. The Kier molecular flexibility index (Phi) is 6.65. The molecule has 3 heterocycles. The number of ether oxygens (including phenoxy) is 2. The number of methoxy groups -OCH3 is 1. The van der Waals surface area contributed by atoms with Gasteiger partial charge in [-0.2, -0.15) is 0 Å². The third-order valence-corrected chi connectivity index (χ3v) is 6.17. The molecule has 0 aromatic carbocycles. The highest BCUT2D eigenvalue weighted by molar-refractivity contribution is 5.86. The second-order valence-corrected chi connectivity index (χ2v) is 8.77. The molecule has 0 bridgehead atoms. The smallest absolute Gasteiger partial charge is 0.224 e. The SMILES string of the molecule is COC[C@H](C)Nc1ncc2c(O[C@H]3CCN(C)C3)ncc([C@H]3CC[C@H](O)CC3)c2n1. The van der Waals surface area contributed by atoms with Crippen molar-refractivity contribution in [1.29, 1.82) is 0 Å². The maximum absolute atomic E-state index is 9.92. The molecule has 2 fully saturated rings. The van der Waals surface area contributed by atoms with Crippen LogP contribution in [-0.4, -0.2) is 77.1 Å². The first kappa shape index (κ1) is 21.2. The summed E-state index contributed by atoms with van der Waals surface area (Å²) in [6, 6.07) is 0.104. The van der Waals surface area contributed by atoms with Crippen LogP contribution in [0.4, 0.5) is 5.95 Å². The van der Waals surface area contributed by atoms with Crippen LogP contribution < -0.4 is 10.1 Å². The lowest BCUT2D eigenvalue weighted by Gasteiger charge is -2.26. The summed E-state index contributed by atoms with van der Waals surface area (Å²) >= 11 is 0. The Hall–Kier alpha value is -2.03. The molecule has 1 saturated carbocycles. The van der Waals surface area contributed by atoms with E-state index < -0.39 is 0 Å². The molecule has 30 heavy (non-hydrogen) atoms. The van der Waals surface area contributed by atoms with Gasteiger partial charge in [0.25, 0.3) is 0 Å². The number of rotatable bonds is 7. The number of likely N-dealkylation sites (tertiary alicyclic amines) is 1. The van der Waals surface area contributed by atoms with Gasteiger partial charge in [0.15, 0.2) is 0 Å². The highest BCUT2D eigenvalue weighted by Gasteiger charge is 2.27. The molecule has 4 rings (SSSR count). The van der Waals surface area contributed by atoms with Gasteiger partial charge in [0, 0.05) is 44.2 Å². The normalized spacial score (nSPS) is 26.1. The molecule has 164 valence electrons. The third kappa shape index (κ3) is 4.82. The van der Waals surface area contributed by atoms with E-state index in [0.717, 1.165) is 61.7 Å². The number of aliphatic hydroxyl groups excluding tert-OH is 1. The van der Waals surface area contributed by atoms with Crippen LogP contribution in [0.1, 0.15) is 50.5 Å². The van der Waals surface area contributed by atoms with Crippen molar-refractivity contribution in [3.63, 3.8) is 0 Å². The van der Waals surface area contributed by atoms with Gasteiger partial charge in [-0.05, 0) is 52.0 Å². The minimum atomic E-state index is -0.191. The first-order valence-corrected chi connectivity index (χ1v) is 11.0. The van der Waals surface area contributed by atoms with Crippen molar-refractivity contribution in [1.82, 2.24) is 19.9 Å². The maximum Gasteiger partial charge on any atom is 0.224 e. The molecule has 0 spiro atoms. The molecule has 0 unspecified atom stereocenters. The first-order chi connectivity index (χ1) is 14.5. The van der Waals surface area contributed by atoms with Gasteiger partial charge in [-0.25, -0.2) is 15.0 Å². The summed E-state index contributed by atoms with van der Waals surface area (Å²) < 4.78 is 11.5. The quantitative estimate of drug-likeness (QED) is 0.713. The van der Waals surface area contributed by atoms with Gasteiger partial charge in [-0.3, -0.25) is 0 Å². The first-order valence-electron chi connectivity index (χ1n) is 11.0. The Morgan fingerprint density at radius 3 is 2.70 bits per heavy atom. The van der Waals surface area contributed by atoms with Crippen LogP contribution in [0.2, 0.25) is 0 Å². The number of nitrogens with one attached hydrogen (secondary N) is 1. The maximum atomic E-state index is 9.92. The lowest BCUT2D eigenvalue weighted by molar-refractivity contribution is 0.122. The van der Waals surface area contributed by atoms with Gasteiger partial charge in [0.1, 0.15) is 6.10 Å². The Morgan fingerprint density at radius 2 is 2.00 bits per heavy atom. The summed E-state index contributed by atoms with van der Waals surface area (Å²) in [6.07, 6.45) is 8.22. The van der Waals surface area contributed by atoms with Crippen LogP contribution in [-0.2, 0) is 4.74 Å². The predicted octanol–water partition coefficient (Wildman–Crippen LogP) is 2.57. The zero-order chi connectivity index (χ0) is 21.1. The highest BCUT2D eigenvalue weighted by atomic mass is 16.5. The summed E-state index contributed by atoms with van der Waals surface area (Å²) in [4.78, 5) is 16.4. The van der Waals surface area contributed by atoms with Crippen LogP contribution >= 0.6 is 0 Å². The molecule has 1 aliphatic heterocycles. The number of pyridine rings is 1. The molecular formula is C22H33N5O3. The fourth-order valence-corrected chi connectivity index (χ4v) is 4.53. The summed E-state index contributed by atoms with van der Waals surface area (Å²) in [5, 5.41) is 14.1. The number of hydrogen-bond acceptors (Lipinski definition) is 8. The lowest BCUT2D eigenvalue weighted by Crippen LogP contribution is -2.23. The lowest BCUT2D eigenvalue weighted by atomic mass is 9.83. The molecule has 2 N–H and O–H groups in total. The average molecular weight is 416 g/mol. The van der Waals surface area contributed by atoms with E-state index in [1.807, 2.05) is 19.3 Å². The molecule has 1 saturated heterocycles. The van der Waals surface area contributed by atoms with Crippen molar-refractivity contribution < 1.29 is 14.6 Å². The Labute approximate surface area is 178 Å². The van der Waals surface area contributed by atoms with Gasteiger partial charge in [-0.15, -0.1) is 0 Å². The number of hydrogen-bond donors (Lipinski definition) is 2. The highest BCUT2D eigenvalue weighted by Crippen LogP contribution is 2.38. The fourth-order valence-electron chi connectivity index (χ4n) is 4.53. The van der Waals surface area contributed by atoms with E-state index in [1.165, 1.54) is 0 Å². The third-order valence-electron chi connectivity index (χ3n) is 6.17. The molecule has 2 aliphatic rings. The van der Waals surface area contributed by atoms with Crippen molar-refractivity contribution in [3.05, 3.63) is 18.0 Å². The monoisotopic (exact) mass is 415 g/mol. The van der Waals surface area contributed by atoms with Crippen LogP contribution in [0, 0.1) is 0 Å². The van der Waals surface area contributed by atoms with Crippen molar-refractivity contribution >= 4 is 16.9 Å². The van der Waals surface area contributed by atoms with Crippen molar-refractivity contribution in [2.75, 3.05) is 39.2 Å². The summed E-state index contributed by atoms with van der Waals surface area (Å²) in [6.45, 7) is 4.56. The molecule has 8 nitrogen and oxygen atoms in total. The largest absolute Gasteiger partial charge is 0.472 e. The van der Waals surface area contributed by atoms with E-state index in [-0.39, 0.29) is 18.2 Å². The standard InChI is InChI=1S/C22H33N5O3/c1-14(13-29-3)25-22-24-11-19-20(26-22)18(15-4-6-16(28)7-5-15)10-23-21(19)30-17-8-9-27(2)12-17/h10-11,14-17,28H,4-9,12-13H2,1-3H3,(H,24,25,26)/t14-,15-,16-,17-/m0/s1. The van der Waals surface area contributed by atoms with Crippen molar-refractivity contribution in [3.8, 4) is 5.88 Å². The van der Waals surface area contributed by atoms with E-state index in [9.17, 15) is 5.11 Å². The van der Waals surface area contributed by atoms with Crippen molar-refractivity contribution in [2.45, 2.75) is 63.2 Å². The van der Waals surface area contributed by atoms with E-state index in [4.69, 9.17) is 14.5 Å². The summed E-state index contributed by atoms with van der Waals surface area (Å²) in [5.41, 5.74) is 2.02. The van der Waals surface area contributed by atoms with E-state index in [1.54, 1.807) is 7.11 Å². The molecule has 0 radical (unpaired) electrons. The Morgan fingerprint density at radius 1 is 1.20 bits per heavy atom. The number of aliphatic hydroxyl groups is 1. The Bertz CT molecular complexity index is 856.